The Labute approximate surface area is 86.3 Å². The van der Waals surface area contributed by atoms with Gasteiger partial charge in [-0.1, -0.05) is 30.3 Å². The van der Waals surface area contributed by atoms with Crippen LogP contribution in [0.4, 0.5) is 13.2 Å². The molecule has 0 saturated carbocycles. The minimum absolute atomic E-state index is 0.139. The molecular weight excluding hydrogens is 205 g/mol. The number of nitrogens with two attached hydrogens (primary N) is 1. The van der Waals surface area contributed by atoms with Crippen LogP contribution in [0.5, 0.6) is 0 Å². The van der Waals surface area contributed by atoms with Crippen LogP contribution in [0.2, 0.25) is 0 Å². The second-order valence-electron chi connectivity index (χ2n) is 3.20. The van der Waals surface area contributed by atoms with Crippen LogP contribution in [-0.4, -0.2) is 19.3 Å². The minimum Gasteiger partial charge on any atom is -0.329 e. The molecule has 1 atom stereocenters. The summed E-state index contributed by atoms with van der Waals surface area (Å²) in [6, 6.07) is 8.40. The highest BCUT2D eigenvalue weighted by Gasteiger charge is 2.27. The molecular formula is C10H13F3N2. The lowest BCUT2D eigenvalue weighted by atomic mass is 10.1. The van der Waals surface area contributed by atoms with E-state index in [0.29, 0.717) is 0 Å². The monoisotopic (exact) mass is 218 g/mol. The van der Waals surface area contributed by atoms with Gasteiger partial charge in [0.25, 0.3) is 0 Å². The Morgan fingerprint density at radius 1 is 1.20 bits per heavy atom. The van der Waals surface area contributed by atoms with Crippen molar-refractivity contribution in [2.45, 2.75) is 12.2 Å². The predicted molar refractivity (Wildman–Crippen MR) is 52.3 cm³/mol. The summed E-state index contributed by atoms with van der Waals surface area (Å²) in [5.41, 5.74) is 6.17. The van der Waals surface area contributed by atoms with E-state index in [1.54, 1.807) is 30.3 Å². The molecule has 1 aromatic rings. The summed E-state index contributed by atoms with van der Waals surface area (Å²) in [7, 11) is 0. The first-order chi connectivity index (χ1) is 7.03. The molecule has 1 unspecified atom stereocenters. The fourth-order valence-corrected chi connectivity index (χ4v) is 1.26. The topological polar surface area (TPSA) is 38.0 Å². The molecule has 0 bridgehead atoms. The molecule has 0 amide bonds. The van der Waals surface area contributed by atoms with Gasteiger partial charge < -0.3 is 11.1 Å². The highest BCUT2D eigenvalue weighted by molar-refractivity contribution is 5.19. The second-order valence-corrected chi connectivity index (χ2v) is 3.20. The summed E-state index contributed by atoms with van der Waals surface area (Å²) in [5, 5.41) is 2.38. The summed E-state index contributed by atoms with van der Waals surface area (Å²) < 4.78 is 35.9. The van der Waals surface area contributed by atoms with Gasteiger partial charge in [-0.25, -0.2) is 0 Å². The Bertz CT molecular complexity index is 284. The zero-order valence-corrected chi connectivity index (χ0v) is 8.09. The molecule has 0 heterocycles. The van der Waals surface area contributed by atoms with Crippen LogP contribution in [-0.2, 0) is 0 Å². The SMILES string of the molecule is NCC(NCC(F)(F)F)c1ccccc1. The third-order valence-electron chi connectivity index (χ3n) is 1.99. The molecule has 0 aromatic heterocycles. The van der Waals surface area contributed by atoms with Gasteiger partial charge in [-0.2, -0.15) is 13.2 Å². The second kappa shape index (κ2) is 5.14. The van der Waals surface area contributed by atoms with E-state index < -0.39 is 18.8 Å². The van der Waals surface area contributed by atoms with Gasteiger partial charge in [-0.15, -0.1) is 0 Å². The average Bonchev–Trinajstić information content (AvgIpc) is 2.19. The molecule has 5 heteroatoms. The third kappa shape index (κ3) is 4.31. The first-order valence-corrected chi connectivity index (χ1v) is 4.58. The number of hydrogen-bond acceptors (Lipinski definition) is 2. The van der Waals surface area contributed by atoms with Crippen LogP contribution < -0.4 is 11.1 Å². The van der Waals surface area contributed by atoms with Crippen molar-refractivity contribution in [1.29, 1.82) is 0 Å². The van der Waals surface area contributed by atoms with E-state index in [-0.39, 0.29) is 6.54 Å². The summed E-state index contributed by atoms with van der Waals surface area (Å²) in [4.78, 5) is 0. The highest BCUT2D eigenvalue weighted by atomic mass is 19.4. The normalized spacial score (nSPS) is 13.9. The molecule has 0 saturated heterocycles. The Morgan fingerprint density at radius 2 is 1.80 bits per heavy atom. The Balaban J connectivity index is 2.58. The van der Waals surface area contributed by atoms with E-state index in [1.165, 1.54) is 0 Å². The van der Waals surface area contributed by atoms with Gasteiger partial charge in [0.1, 0.15) is 0 Å². The van der Waals surface area contributed by atoms with Crippen molar-refractivity contribution in [3.63, 3.8) is 0 Å². The van der Waals surface area contributed by atoms with E-state index in [2.05, 4.69) is 5.32 Å². The molecule has 15 heavy (non-hydrogen) atoms. The summed E-state index contributed by atoms with van der Waals surface area (Å²) in [5.74, 6) is 0. The number of alkyl halides is 3. The number of hydrogen-bond donors (Lipinski definition) is 2. The lowest BCUT2D eigenvalue weighted by molar-refractivity contribution is -0.126. The maximum absolute atomic E-state index is 12.0. The van der Waals surface area contributed by atoms with Gasteiger partial charge in [-0.3, -0.25) is 0 Å². The van der Waals surface area contributed by atoms with Crippen LogP contribution >= 0.6 is 0 Å². The van der Waals surface area contributed by atoms with Gasteiger partial charge in [0.2, 0.25) is 0 Å². The van der Waals surface area contributed by atoms with Gasteiger partial charge in [-0.05, 0) is 5.56 Å². The number of rotatable bonds is 4. The van der Waals surface area contributed by atoms with E-state index in [4.69, 9.17) is 5.73 Å². The zero-order valence-electron chi connectivity index (χ0n) is 8.09. The molecule has 3 N–H and O–H groups in total. The largest absolute Gasteiger partial charge is 0.401 e. The summed E-state index contributed by atoms with van der Waals surface area (Å²) in [6.45, 7) is -0.885. The van der Waals surface area contributed by atoms with Crippen LogP contribution in [0.1, 0.15) is 11.6 Å². The third-order valence-corrected chi connectivity index (χ3v) is 1.99. The molecule has 0 spiro atoms. The Morgan fingerprint density at radius 3 is 2.27 bits per heavy atom. The van der Waals surface area contributed by atoms with Crippen molar-refractivity contribution in [3.05, 3.63) is 35.9 Å². The van der Waals surface area contributed by atoms with Crippen molar-refractivity contribution >= 4 is 0 Å². The van der Waals surface area contributed by atoms with E-state index >= 15 is 0 Å². The first kappa shape index (κ1) is 12.0. The fourth-order valence-electron chi connectivity index (χ4n) is 1.26. The molecule has 84 valence electrons. The molecule has 0 radical (unpaired) electrons. The maximum Gasteiger partial charge on any atom is 0.401 e. The van der Waals surface area contributed by atoms with Gasteiger partial charge >= 0.3 is 6.18 Å². The van der Waals surface area contributed by atoms with Crippen molar-refractivity contribution in [1.82, 2.24) is 5.32 Å². The highest BCUT2D eigenvalue weighted by Crippen LogP contribution is 2.16. The molecule has 0 aliphatic carbocycles. The maximum atomic E-state index is 12.0. The number of nitrogens with one attached hydrogen (secondary N) is 1. The van der Waals surface area contributed by atoms with Crippen molar-refractivity contribution < 1.29 is 13.2 Å². The lowest BCUT2D eigenvalue weighted by Crippen LogP contribution is -2.35. The van der Waals surface area contributed by atoms with Gasteiger partial charge in [0.05, 0.1) is 6.54 Å². The standard InChI is InChI=1S/C10H13F3N2/c11-10(12,13)7-15-9(6-14)8-4-2-1-3-5-8/h1-5,9,15H,6-7,14H2. The van der Waals surface area contributed by atoms with E-state index in [1.807, 2.05) is 0 Å². The van der Waals surface area contributed by atoms with Gasteiger partial charge in [0.15, 0.2) is 0 Å². The first-order valence-electron chi connectivity index (χ1n) is 4.58. The summed E-state index contributed by atoms with van der Waals surface area (Å²) in [6.07, 6.45) is -4.21. The Kier molecular flexibility index (Phi) is 4.11. The van der Waals surface area contributed by atoms with Crippen LogP contribution in [0.25, 0.3) is 0 Å². The molecule has 1 aromatic carbocycles. The molecule has 0 fully saturated rings. The number of benzene rings is 1. The molecule has 0 aliphatic heterocycles. The minimum atomic E-state index is -4.21. The van der Waals surface area contributed by atoms with Crippen molar-refractivity contribution in [2.75, 3.05) is 13.1 Å². The van der Waals surface area contributed by atoms with Crippen molar-refractivity contribution in [3.8, 4) is 0 Å². The average molecular weight is 218 g/mol. The Hall–Kier alpha value is -1.07. The van der Waals surface area contributed by atoms with Crippen LogP contribution in [0, 0.1) is 0 Å². The zero-order chi connectivity index (χ0) is 11.3. The van der Waals surface area contributed by atoms with Crippen LogP contribution in [0.3, 0.4) is 0 Å². The number of halogens is 3. The molecule has 1 rings (SSSR count). The molecule has 0 aliphatic rings. The van der Waals surface area contributed by atoms with Gasteiger partial charge in [0, 0.05) is 12.6 Å². The summed E-state index contributed by atoms with van der Waals surface area (Å²) >= 11 is 0. The smallest absolute Gasteiger partial charge is 0.329 e. The molecule has 2 nitrogen and oxygen atoms in total. The fraction of sp³-hybridized carbons (Fsp3) is 0.400. The van der Waals surface area contributed by atoms with Crippen LogP contribution in [0.15, 0.2) is 30.3 Å². The lowest BCUT2D eigenvalue weighted by Gasteiger charge is -2.18. The quantitative estimate of drug-likeness (QED) is 0.809. The van der Waals surface area contributed by atoms with Crippen molar-refractivity contribution in [2.24, 2.45) is 5.73 Å². The van der Waals surface area contributed by atoms with E-state index in [0.717, 1.165) is 5.56 Å². The van der Waals surface area contributed by atoms with E-state index in [9.17, 15) is 13.2 Å². The predicted octanol–water partition coefficient (Wildman–Crippen LogP) is 1.84.